The lowest BCUT2D eigenvalue weighted by Gasteiger charge is -2.37. The Kier molecular flexibility index (Phi) is 7.27. The molecule has 3 rings (SSSR count). The minimum absolute atomic E-state index is 0.00637. The zero-order valence-corrected chi connectivity index (χ0v) is 20.7. The first kappa shape index (κ1) is 25.4. The third-order valence-electron chi connectivity index (χ3n) is 5.59. The van der Waals surface area contributed by atoms with Gasteiger partial charge in [0.1, 0.15) is 18.3 Å². The number of carbonyl (C=O) groups excluding carboxylic acids is 2. The summed E-state index contributed by atoms with van der Waals surface area (Å²) in [6.07, 6.45) is -1.34. The Morgan fingerprint density at radius 2 is 1.47 bits per heavy atom. The molecule has 3 aliphatic rings. The molecular weight excluding hydrogens is 416 g/mol. The molecule has 2 amide bonds. The van der Waals surface area contributed by atoms with Gasteiger partial charge in [0.2, 0.25) is 11.8 Å². The Labute approximate surface area is 191 Å². The minimum atomic E-state index is -0.692. The second-order valence-electron chi connectivity index (χ2n) is 11.7. The van der Waals surface area contributed by atoms with E-state index in [1.165, 1.54) is 0 Å². The molecule has 0 aromatic carbocycles. The van der Waals surface area contributed by atoms with E-state index < -0.39 is 23.7 Å². The van der Waals surface area contributed by atoms with Crippen molar-refractivity contribution in [2.24, 2.45) is 5.41 Å². The highest BCUT2D eigenvalue weighted by Gasteiger charge is 2.55. The van der Waals surface area contributed by atoms with Crippen LogP contribution in [0.15, 0.2) is 0 Å². The maximum absolute atomic E-state index is 12.7. The monoisotopic (exact) mass is 456 g/mol. The molecule has 9 heteroatoms. The fourth-order valence-electron chi connectivity index (χ4n) is 4.86. The van der Waals surface area contributed by atoms with Gasteiger partial charge in [-0.3, -0.25) is 9.59 Å². The smallest absolute Gasteiger partial charge is 0.225 e. The molecule has 0 spiro atoms. The lowest BCUT2D eigenvalue weighted by atomic mass is 9.85. The first-order chi connectivity index (χ1) is 14.6. The van der Waals surface area contributed by atoms with Crippen molar-refractivity contribution in [3.63, 3.8) is 0 Å². The van der Waals surface area contributed by atoms with Crippen LogP contribution in [0.2, 0.25) is 0 Å². The van der Waals surface area contributed by atoms with Crippen LogP contribution >= 0.6 is 0 Å². The Bertz CT molecular complexity index is 703. The van der Waals surface area contributed by atoms with Gasteiger partial charge in [-0.2, -0.15) is 0 Å². The summed E-state index contributed by atoms with van der Waals surface area (Å²) in [6, 6.07) is 0. The van der Waals surface area contributed by atoms with Crippen LogP contribution in [-0.4, -0.2) is 66.7 Å². The number of nitrogens with one attached hydrogen (secondary N) is 2. The molecule has 0 aromatic rings. The Morgan fingerprint density at radius 3 is 2.09 bits per heavy atom. The predicted molar refractivity (Wildman–Crippen MR) is 116 cm³/mol. The zero-order chi connectivity index (χ0) is 23.9. The number of hydrogen-bond donors (Lipinski definition) is 2. The van der Waals surface area contributed by atoms with Crippen molar-refractivity contribution in [1.29, 1.82) is 0 Å². The van der Waals surface area contributed by atoms with Gasteiger partial charge in [-0.25, -0.2) is 0 Å². The van der Waals surface area contributed by atoms with Gasteiger partial charge in [-0.05, 0) is 46.5 Å². The molecule has 32 heavy (non-hydrogen) atoms. The maximum Gasteiger partial charge on any atom is 0.225 e. The number of fused-ring (bicyclic) bond motifs is 3. The van der Waals surface area contributed by atoms with Crippen LogP contribution in [0.5, 0.6) is 0 Å². The second kappa shape index (κ2) is 9.18. The molecule has 9 nitrogen and oxygen atoms in total. The van der Waals surface area contributed by atoms with Crippen LogP contribution < -0.4 is 10.6 Å². The molecule has 3 fully saturated rings. The van der Waals surface area contributed by atoms with Crippen molar-refractivity contribution < 1.29 is 33.3 Å². The molecule has 0 bridgehead atoms. The van der Waals surface area contributed by atoms with Gasteiger partial charge in [0, 0.05) is 17.5 Å². The zero-order valence-electron chi connectivity index (χ0n) is 20.7. The van der Waals surface area contributed by atoms with E-state index >= 15 is 0 Å². The van der Waals surface area contributed by atoms with E-state index in [2.05, 4.69) is 10.6 Å². The molecule has 0 aliphatic carbocycles. The summed E-state index contributed by atoms with van der Waals surface area (Å²) in [6.45, 7) is 16.2. The average molecular weight is 457 g/mol. The highest BCUT2D eigenvalue weighted by molar-refractivity contribution is 5.78. The van der Waals surface area contributed by atoms with Crippen LogP contribution in [0.4, 0.5) is 0 Å². The number of ether oxygens (including phenoxy) is 5. The Morgan fingerprint density at radius 1 is 0.844 bits per heavy atom. The summed E-state index contributed by atoms with van der Waals surface area (Å²) >= 11 is 0. The summed E-state index contributed by atoms with van der Waals surface area (Å²) in [5.74, 6) is -0.179. The normalized spacial score (nSPS) is 32.9. The average Bonchev–Trinajstić information content (AvgIpc) is 3.07. The third-order valence-corrected chi connectivity index (χ3v) is 5.59. The molecule has 0 radical (unpaired) electrons. The topological polar surface area (TPSA) is 104 Å². The largest absolute Gasteiger partial charge is 0.351 e. The quantitative estimate of drug-likeness (QED) is 0.605. The number of hydrogen-bond acceptors (Lipinski definition) is 7. The third kappa shape index (κ3) is 6.87. The first-order valence-corrected chi connectivity index (χ1v) is 11.5. The van der Waals surface area contributed by atoms with E-state index in [-0.39, 0.29) is 48.3 Å². The fourth-order valence-corrected chi connectivity index (χ4v) is 4.86. The first-order valence-electron chi connectivity index (χ1n) is 11.5. The number of carbonyl (C=O) groups is 2. The molecular formula is C23H40N2O7. The standard InChI is InChI=1S/C23H40N2O7/c1-13-28-11-14-18(29-13)19-20(30-14)32-17(31-19)9-15(26)24-22(5,6)12-23(7,8)25-16(27)10-21(2,3)4/h13-14,17-20H,9-12H2,1-8H3,(H,24,26)(H,25,27). The number of rotatable bonds is 7. The van der Waals surface area contributed by atoms with Gasteiger partial charge < -0.3 is 34.3 Å². The number of amides is 2. The molecule has 0 aromatic heterocycles. The second-order valence-corrected chi connectivity index (χ2v) is 11.7. The van der Waals surface area contributed by atoms with Gasteiger partial charge in [-0.15, -0.1) is 0 Å². The molecule has 3 heterocycles. The van der Waals surface area contributed by atoms with E-state index in [0.29, 0.717) is 19.4 Å². The summed E-state index contributed by atoms with van der Waals surface area (Å²) < 4.78 is 28.8. The fraction of sp³-hybridized carbons (Fsp3) is 0.913. The molecule has 184 valence electrons. The molecule has 3 saturated heterocycles. The summed E-state index contributed by atoms with van der Waals surface area (Å²) in [5.41, 5.74) is -1.09. The Hall–Kier alpha value is -1.26. The van der Waals surface area contributed by atoms with E-state index in [1.54, 1.807) is 0 Å². The van der Waals surface area contributed by atoms with Gasteiger partial charge in [0.05, 0.1) is 13.0 Å². The summed E-state index contributed by atoms with van der Waals surface area (Å²) in [7, 11) is 0. The highest BCUT2D eigenvalue weighted by atomic mass is 16.8. The SMILES string of the molecule is CC1OCC2OC3OC(CC(=O)NC(C)(C)CC(C)(C)NC(=O)CC(C)(C)C)OC3C2O1. The van der Waals surface area contributed by atoms with Gasteiger partial charge >= 0.3 is 0 Å². The van der Waals surface area contributed by atoms with E-state index in [1.807, 2.05) is 55.4 Å². The molecule has 6 atom stereocenters. The van der Waals surface area contributed by atoms with Gasteiger partial charge in [0.15, 0.2) is 18.9 Å². The lowest BCUT2D eigenvalue weighted by Crippen LogP contribution is -2.54. The van der Waals surface area contributed by atoms with E-state index in [9.17, 15) is 9.59 Å². The predicted octanol–water partition coefficient (Wildman–Crippen LogP) is 2.22. The van der Waals surface area contributed by atoms with Crippen LogP contribution in [0.1, 0.15) is 74.7 Å². The van der Waals surface area contributed by atoms with Gasteiger partial charge in [0.25, 0.3) is 0 Å². The molecule has 0 saturated carbocycles. The molecule has 2 N–H and O–H groups in total. The summed E-state index contributed by atoms with van der Waals surface area (Å²) in [5, 5.41) is 6.14. The molecule has 6 unspecified atom stereocenters. The van der Waals surface area contributed by atoms with Crippen molar-refractivity contribution in [1.82, 2.24) is 10.6 Å². The van der Waals surface area contributed by atoms with Crippen LogP contribution in [0.25, 0.3) is 0 Å². The van der Waals surface area contributed by atoms with E-state index in [0.717, 1.165) is 0 Å². The van der Waals surface area contributed by atoms with Crippen molar-refractivity contribution in [2.45, 2.75) is 123 Å². The van der Waals surface area contributed by atoms with Crippen LogP contribution in [0, 0.1) is 5.41 Å². The van der Waals surface area contributed by atoms with Crippen molar-refractivity contribution in [2.75, 3.05) is 6.61 Å². The van der Waals surface area contributed by atoms with E-state index in [4.69, 9.17) is 23.7 Å². The van der Waals surface area contributed by atoms with Crippen LogP contribution in [-0.2, 0) is 33.3 Å². The van der Waals surface area contributed by atoms with Crippen molar-refractivity contribution >= 4 is 11.8 Å². The summed E-state index contributed by atoms with van der Waals surface area (Å²) in [4.78, 5) is 25.1. The lowest BCUT2D eigenvalue weighted by molar-refractivity contribution is -0.263. The molecule has 3 aliphatic heterocycles. The highest BCUT2D eigenvalue weighted by Crippen LogP contribution is 2.37. The van der Waals surface area contributed by atoms with Crippen molar-refractivity contribution in [3.05, 3.63) is 0 Å². The van der Waals surface area contributed by atoms with Gasteiger partial charge in [-0.1, -0.05) is 20.8 Å². The maximum atomic E-state index is 12.7. The Balaban J connectivity index is 1.46. The van der Waals surface area contributed by atoms with Crippen LogP contribution in [0.3, 0.4) is 0 Å². The van der Waals surface area contributed by atoms with Crippen molar-refractivity contribution in [3.8, 4) is 0 Å². The minimum Gasteiger partial charge on any atom is -0.351 e.